The molecule has 1 heterocycles. The first-order valence-electron chi connectivity index (χ1n) is 5.51. The molecule has 0 amide bonds. The topological polar surface area (TPSA) is 50.9 Å². The standard InChI is InChI=1S/C13H14ClN3S/c14-11-3-1-10(2-4-11)8-18-9-13-7-12(17-15)5-6-16-13/h1-7H,8-9,15H2,(H,16,17). The molecule has 0 aliphatic rings. The first-order chi connectivity index (χ1) is 8.78. The Hall–Kier alpha value is -1.23. The monoisotopic (exact) mass is 279 g/mol. The summed E-state index contributed by atoms with van der Waals surface area (Å²) in [5.41, 5.74) is 5.78. The van der Waals surface area contributed by atoms with E-state index in [9.17, 15) is 0 Å². The highest BCUT2D eigenvalue weighted by Gasteiger charge is 1.98. The molecule has 1 aromatic carbocycles. The van der Waals surface area contributed by atoms with Crippen LogP contribution < -0.4 is 11.3 Å². The van der Waals surface area contributed by atoms with Crippen LogP contribution in [0.2, 0.25) is 5.02 Å². The number of nitrogens with two attached hydrogens (primary N) is 1. The van der Waals surface area contributed by atoms with Gasteiger partial charge in [0.15, 0.2) is 0 Å². The van der Waals surface area contributed by atoms with E-state index in [4.69, 9.17) is 17.4 Å². The van der Waals surface area contributed by atoms with Gasteiger partial charge < -0.3 is 5.43 Å². The lowest BCUT2D eigenvalue weighted by molar-refractivity contribution is 1.16. The summed E-state index contributed by atoms with van der Waals surface area (Å²) < 4.78 is 0. The Bertz CT molecular complexity index is 502. The quantitative estimate of drug-likeness (QED) is 0.650. The number of halogens is 1. The Kier molecular flexibility index (Phi) is 4.87. The Labute approximate surface area is 116 Å². The Morgan fingerprint density at radius 3 is 2.67 bits per heavy atom. The molecule has 0 aliphatic heterocycles. The Morgan fingerprint density at radius 2 is 1.94 bits per heavy atom. The average Bonchev–Trinajstić information content (AvgIpc) is 2.41. The van der Waals surface area contributed by atoms with Gasteiger partial charge in [-0.3, -0.25) is 10.8 Å². The summed E-state index contributed by atoms with van der Waals surface area (Å²) in [5.74, 6) is 7.16. The molecule has 1 aromatic heterocycles. The van der Waals surface area contributed by atoms with Gasteiger partial charge in [-0.25, -0.2) is 0 Å². The fraction of sp³-hybridized carbons (Fsp3) is 0.154. The van der Waals surface area contributed by atoms with Gasteiger partial charge in [-0.05, 0) is 29.8 Å². The van der Waals surface area contributed by atoms with E-state index in [1.807, 2.05) is 48.2 Å². The second-order valence-corrected chi connectivity index (χ2v) is 5.22. The largest absolute Gasteiger partial charge is 0.324 e. The lowest BCUT2D eigenvalue weighted by atomic mass is 10.2. The molecule has 2 aromatic rings. The Morgan fingerprint density at radius 1 is 1.17 bits per heavy atom. The van der Waals surface area contributed by atoms with Crippen LogP contribution in [0.5, 0.6) is 0 Å². The zero-order valence-corrected chi connectivity index (χ0v) is 11.3. The second kappa shape index (κ2) is 6.64. The number of hydrogen-bond acceptors (Lipinski definition) is 4. The van der Waals surface area contributed by atoms with Crippen molar-refractivity contribution < 1.29 is 0 Å². The van der Waals surface area contributed by atoms with Crippen LogP contribution in [0, 0.1) is 0 Å². The van der Waals surface area contributed by atoms with Crippen LogP contribution in [0.4, 0.5) is 5.69 Å². The molecule has 0 atom stereocenters. The summed E-state index contributed by atoms with van der Waals surface area (Å²) in [5, 5.41) is 0.770. The Balaban J connectivity index is 1.86. The number of nitrogens with one attached hydrogen (secondary N) is 1. The summed E-state index contributed by atoms with van der Waals surface area (Å²) >= 11 is 7.65. The predicted octanol–water partition coefficient (Wildman–Crippen LogP) is 3.45. The van der Waals surface area contributed by atoms with Crippen molar-refractivity contribution in [1.82, 2.24) is 4.98 Å². The van der Waals surface area contributed by atoms with Gasteiger partial charge in [-0.2, -0.15) is 11.8 Å². The van der Waals surface area contributed by atoms with E-state index in [1.165, 1.54) is 5.56 Å². The lowest BCUT2D eigenvalue weighted by Crippen LogP contribution is -2.07. The lowest BCUT2D eigenvalue weighted by Gasteiger charge is -2.04. The fourth-order valence-corrected chi connectivity index (χ4v) is 2.52. The second-order valence-electron chi connectivity index (χ2n) is 3.80. The highest BCUT2D eigenvalue weighted by molar-refractivity contribution is 7.97. The van der Waals surface area contributed by atoms with Crippen molar-refractivity contribution in [3.05, 3.63) is 58.9 Å². The summed E-state index contributed by atoms with van der Waals surface area (Å²) in [7, 11) is 0. The van der Waals surface area contributed by atoms with Gasteiger partial charge in [-0.15, -0.1) is 0 Å². The van der Waals surface area contributed by atoms with Crippen LogP contribution in [0.1, 0.15) is 11.3 Å². The average molecular weight is 280 g/mol. The smallest absolute Gasteiger partial charge is 0.0523 e. The highest BCUT2D eigenvalue weighted by atomic mass is 35.5. The highest BCUT2D eigenvalue weighted by Crippen LogP contribution is 2.19. The van der Waals surface area contributed by atoms with E-state index in [-0.39, 0.29) is 0 Å². The summed E-state index contributed by atoms with van der Waals surface area (Å²) in [6.07, 6.45) is 1.76. The molecule has 0 bridgehead atoms. The van der Waals surface area contributed by atoms with Crippen molar-refractivity contribution in [2.24, 2.45) is 5.84 Å². The number of thioether (sulfide) groups is 1. The van der Waals surface area contributed by atoms with Crippen molar-refractivity contribution in [2.45, 2.75) is 11.5 Å². The maximum absolute atomic E-state index is 5.84. The van der Waals surface area contributed by atoms with Crippen LogP contribution in [0.15, 0.2) is 42.6 Å². The van der Waals surface area contributed by atoms with Gasteiger partial charge in [0.2, 0.25) is 0 Å². The van der Waals surface area contributed by atoms with Gasteiger partial charge >= 0.3 is 0 Å². The fourth-order valence-electron chi connectivity index (χ4n) is 1.50. The molecule has 3 nitrogen and oxygen atoms in total. The minimum absolute atomic E-state index is 0.770. The number of nitrogens with zero attached hydrogens (tertiary/aromatic N) is 1. The van der Waals surface area contributed by atoms with Crippen LogP contribution >= 0.6 is 23.4 Å². The number of anilines is 1. The maximum Gasteiger partial charge on any atom is 0.0523 e. The van der Waals surface area contributed by atoms with Crippen LogP contribution in [0.25, 0.3) is 0 Å². The maximum atomic E-state index is 5.84. The van der Waals surface area contributed by atoms with Crippen LogP contribution in [0.3, 0.4) is 0 Å². The summed E-state index contributed by atoms with van der Waals surface area (Å²) in [6.45, 7) is 0. The van der Waals surface area contributed by atoms with Crippen molar-refractivity contribution >= 4 is 29.1 Å². The molecule has 0 radical (unpaired) electrons. The number of nitrogen functional groups attached to an aromatic ring is 1. The molecular formula is C13H14ClN3S. The van der Waals surface area contributed by atoms with Crippen molar-refractivity contribution in [3.63, 3.8) is 0 Å². The molecule has 3 N–H and O–H groups in total. The molecule has 0 saturated carbocycles. The van der Waals surface area contributed by atoms with E-state index in [1.54, 1.807) is 6.20 Å². The van der Waals surface area contributed by atoms with E-state index in [0.717, 1.165) is 27.9 Å². The molecule has 0 saturated heterocycles. The molecule has 2 rings (SSSR count). The first-order valence-corrected chi connectivity index (χ1v) is 7.05. The number of pyridine rings is 1. The molecule has 94 valence electrons. The van der Waals surface area contributed by atoms with Crippen molar-refractivity contribution in [2.75, 3.05) is 5.43 Å². The minimum atomic E-state index is 0.770. The zero-order chi connectivity index (χ0) is 12.8. The molecule has 18 heavy (non-hydrogen) atoms. The van der Waals surface area contributed by atoms with E-state index in [0.29, 0.717) is 0 Å². The van der Waals surface area contributed by atoms with E-state index >= 15 is 0 Å². The number of hydrazine groups is 1. The van der Waals surface area contributed by atoms with Gasteiger partial charge in [0.25, 0.3) is 0 Å². The van der Waals surface area contributed by atoms with Crippen LogP contribution in [-0.2, 0) is 11.5 Å². The third kappa shape index (κ3) is 3.91. The first kappa shape index (κ1) is 13.2. The van der Waals surface area contributed by atoms with Crippen molar-refractivity contribution in [1.29, 1.82) is 0 Å². The number of rotatable bonds is 5. The van der Waals surface area contributed by atoms with Crippen molar-refractivity contribution in [3.8, 4) is 0 Å². The molecule has 5 heteroatoms. The van der Waals surface area contributed by atoms with Crippen LogP contribution in [-0.4, -0.2) is 4.98 Å². The molecular weight excluding hydrogens is 266 g/mol. The number of hydrogen-bond donors (Lipinski definition) is 2. The number of aromatic nitrogens is 1. The van der Waals surface area contributed by atoms with E-state index in [2.05, 4.69) is 10.4 Å². The SMILES string of the molecule is NNc1ccnc(CSCc2ccc(Cl)cc2)c1. The molecule has 0 aliphatic carbocycles. The molecule has 0 spiro atoms. The number of benzene rings is 1. The zero-order valence-electron chi connectivity index (χ0n) is 9.77. The summed E-state index contributed by atoms with van der Waals surface area (Å²) in [4.78, 5) is 4.30. The molecule has 0 unspecified atom stereocenters. The molecule has 0 fully saturated rings. The third-order valence-electron chi connectivity index (χ3n) is 2.42. The van der Waals surface area contributed by atoms with Gasteiger partial charge in [0.1, 0.15) is 0 Å². The van der Waals surface area contributed by atoms with Gasteiger partial charge in [0.05, 0.1) is 11.4 Å². The normalized spacial score (nSPS) is 10.3. The summed E-state index contributed by atoms with van der Waals surface area (Å²) in [6, 6.07) is 11.7. The van der Waals surface area contributed by atoms with Gasteiger partial charge in [0, 0.05) is 22.7 Å². The predicted molar refractivity (Wildman–Crippen MR) is 78.5 cm³/mol. The van der Waals surface area contributed by atoms with E-state index < -0.39 is 0 Å². The van der Waals surface area contributed by atoms with Gasteiger partial charge in [-0.1, -0.05) is 23.7 Å². The minimum Gasteiger partial charge on any atom is -0.324 e. The third-order valence-corrected chi connectivity index (χ3v) is 3.70.